The number of ether oxygens (including phenoxy) is 1. The lowest BCUT2D eigenvalue weighted by Crippen LogP contribution is -2.35. The van der Waals surface area contributed by atoms with Crippen molar-refractivity contribution in [3.8, 4) is 5.75 Å². The highest BCUT2D eigenvalue weighted by atomic mass is 32.2. The highest BCUT2D eigenvalue weighted by Gasteiger charge is 2.29. The molecule has 4 rings (SSSR count). The lowest BCUT2D eigenvalue weighted by Gasteiger charge is -2.31. The van der Waals surface area contributed by atoms with Gasteiger partial charge in [-0.15, -0.1) is 11.3 Å². The van der Waals surface area contributed by atoms with Crippen molar-refractivity contribution < 1.29 is 17.9 Å². The molecule has 2 amide bonds. The van der Waals surface area contributed by atoms with Crippen LogP contribution in [0.2, 0.25) is 0 Å². The van der Waals surface area contributed by atoms with Crippen molar-refractivity contribution in [3.05, 3.63) is 65.5 Å². The van der Waals surface area contributed by atoms with Crippen molar-refractivity contribution in [2.75, 3.05) is 28.6 Å². The van der Waals surface area contributed by atoms with Gasteiger partial charge in [0.1, 0.15) is 5.75 Å². The van der Waals surface area contributed by atoms with Crippen molar-refractivity contribution in [1.82, 2.24) is 0 Å². The number of urea groups is 1. The standard InChI is InChI=1S/C21H21N3O4S2/c1-28-17-7-9-18(10-8-17)30(26,27)24-12-2-4-15-14-16(6-11-19(15)24)22-21(25)23-20-5-3-13-29-20/h3,5-11,13-14H,2,4,12H2,1H3,(H2,22,23,25). The van der Waals surface area contributed by atoms with E-state index in [1.807, 2.05) is 23.6 Å². The van der Waals surface area contributed by atoms with E-state index in [1.54, 1.807) is 36.4 Å². The number of nitrogens with one attached hydrogen (secondary N) is 2. The fraction of sp³-hybridized carbons (Fsp3) is 0.190. The van der Waals surface area contributed by atoms with E-state index in [9.17, 15) is 13.2 Å². The molecule has 0 atom stereocenters. The molecule has 1 aromatic heterocycles. The minimum absolute atomic E-state index is 0.216. The SMILES string of the molecule is COc1ccc(S(=O)(=O)N2CCCc3cc(NC(=O)Nc4cccs4)ccc32)cc1. The summed E-state index contributed by atoms with van der Waals surface area (Å²) in [6, 6.07) is 15.0. The molecule has 156 valence electrons. The molecule has 0 saturated heterocycles. The van der Waals surface area contributed by atoms with Crippen molar-refractivity contribution in [2.24, 2.45) is 0 Å². The summed E-state index contributed by atoms with van der Waals surface area (Å²) in [5.41, 5.74) is 2.14. The van der Waals surface area contributed by atoms with E-state index in [-0.39, 0.29) is 10.9 Å². The lowest BCUT2D eigenvalue weighted by molar-refractivity contribution is 0.262. The number of carbonyl (C=O) groups excluding carboxylic acids is 1. The van der Waals surface area contributed by atoms with Crippen LogP contribution in [0, 0.1) is 0 Å². The number of thiophene rings is 1. The molecule has 0 unspecified atom stereocenters. The first-order valence-corrected chi connectivity index (χ1v) is 11.7. The Labute approximate surface area is 179 Å². The van der Waals surface area contributed by atoms with E-state index in [4.69, 9.17) is 4.74 Å². The third-order valence-electron chi connectivity index (χ3n) is 4.82. The molecule has 0 saturated carbocycles. The fourth-order valence-corrected chi connectivity index (χ4v) is 5.54. The van der Waals surface area contributed by atoms with Gasteiger partial charge in [-0.05, 0) is 78.4 Å². The number of methoxy groups -OCH3 is 1. The maximum atomic E-state index is 13.2. The van der Waals surface area contributed by atoms with Gasteiger partial charge >= 0.3 is 6.03 Å². The molecule has 2 aromatic carbocycles. The number of aryl methyl sites for hydroxylation is 1. The average Bonchev–Trinajstić information content (AvgIpc) is 3.26. The number of amides is 2. The second-order valence-corrected chi connectivity index (χ2v) is 9.57. The Balaban J connectivity index is 1.56. The summed E-state index contributed by atoms with van der Waals surface area (Å²) in [6.07, 6.45) is 1.44. The van der Waals surface area contributed by atoms with Gasteiger partial charge in [0.2, 0.25) is 0 Å². The van der Waals surface area contributed by atoms with Crippen molar-refractivity contribution in [2.45, 2.75) is 17.7 Å². The fourth-order valence-electron chi connectivity index (χ4n) is 3.39. The number of rotatable bonds is 5. The van der Waals surface area contributed by atoms with Crippen LogP contribution in [-0.2, 0) is 16.4 Å². The molecule has 7 nitrogen and oxygen atoms in total. The van der Waals surface area contributed by atoms with Gasteiger partial charge in [0, 0.05) is 12.2 Å². The Kier molecular flexibility index (Phi) is 5.65. The highest BCUT2D eigenvalue weighted by Crippen LogP contribution is 2.34. The molecular weight excluding hydrogens is 422 g/mol. The number of hydrogen-bond acceptors (Lipinski definition) is 5. The van der Waals surface area contributed by atoms with Gasteiger partial charge in [0.25, 0.3) is 10.0 Å². The maximum absolute atomic E-state index is 13.2. The molecule has 2 N–H and O–H groups in total. The molecule has 0 fully saturated rings. The molecule has 0 bridgehead atoms. The Morgan fingerprint density at radius 1 is 1.10 bits per heavy atom. The van der Waals surface area contributed by atoms with Gasteiger partial charge in [0.15, 0.2) is 0 Å². The highest BCUT2D eigenvalue weighted by molar-refractivity contribution is 7.92. The van der Waals surface area contributed by atoms with Crippen LogP contribution in [0.1, 0.15) is 12.0 Å². The third-order valence-corrected chi connectivity index (χ3v) is 7.43. The number of carbonyl (C=O) groups is 1. The topological polar surface area (TPSA) is 87.7 Å². The van der Waals surface area contributed by atoms with Gasteiger partial charge in [0.05, 0.1) is 22.7 Å². The van der Waals surface area contributed by atoms with Crippen molar-refractivity contribution >= 4 is 43.8 Å². The van der Waals surface area contributed by atoms with E-state index in [0.717, 1.165) is 17.0 Å². The summed E-state index contributed by atoms with van der Waals surface area (Å²) in [5.74, 6) is 0.601. The van der Waals surface area contributed by atoms with E-state index < -0.39 is 10.0 Å². The Morgan fingerprint density at radius 2 is 1.90 bits per heavy atom. The second-order valence-electron chi connectivity index (χ2n) is 6.76. The number of sulfonamides is 1. The van der Waals surface area contributed by atoms with Gasteiger partial charge in [-0.2, -0.15) is 0 Å². The first-order valence-electron chi connectivity index (χ1n) is 9.38. The third kappa shape index (κ3) is 4.12. The lowest BCUT2D eigenvalue weighted by atomic mass is 10.0. The van der Waals surface area contributed by atoms with E-state index in [0.29, 0.717) is 30.1 Å². The summed E-state index contributed by atoms with van der Waals surface area (Å²) < 4.78 is 32.9. The minimum Gasteiger partial charge on any atom is -0.497 e. The molecular formula is C21H21N3O4S2. The molecule has 0 aliphatic carbocycles. The van der Waals surface area contributed by atoms with Crippen LogP contribution in [0.3, 0.4) is 0 Å². The van der Waals surface area contributed by atoms with Crippen LogP contribution >= 0.6 is 11.3 Å². The van der Waals surface area contributed by atoms with Crippen LogP contribution in [0.4, 0.5) is 21.2 Å². The van der Waals surface area contributed by atoms with E-state index >= 15 is 0 Å². The number of benzene rings is 2. The minimum atomic E-state index is -3.69. The van der Waals surface area contributed by atoms with Crippen molar-refractivity contribution in [1.29, 1.82) is 0 Å². The molecule has 1 aliphatic rings. The summed E-state index contributed by atoms with van der Waals surface area (Å²) in [4.78, 5) is 12.4. The number of fused-ring (bicyclic) bond motifs is 1. The average molecular weight is 444 g/mol. The van der Waals surface area contributed by atoms with Gasteiger partial charge in [-0.1, -0.05) is 0 Å². The van der Waals surface area contributed by atoms with Crippen LogP contribution < -0.4 is 19.7 Å². The Bertz CT molecular complexity index is 1140. The molecule has 30 heavy (non-hydrogen) atoms. The number of anilines is 3. The van der Waals surface area contributed by atoms with Crippen LogP contribution in [0.25, 0.3) is 0 Å². The Morgan fingerprint density at radius 3 is 2.60 bits per heavy atom. The summed E-state index contributed by atoms with van der Waals surface area (Å²) in [7, 11) is -2.15. The van der Waals surface area contributed by atoms with Gasteiger partial charge in [-0.25, -0.2) is 13.2 Å². The second kappa shape index (κ2) is 8.37. The summed E-state index contributed by atoms with van der Waals surface area (Å²) >= 11 is 1.43. The zero-order valence-corrected chi connectivity index (χ0v) is 17.9. The predicted octanol–water partition coefficient (Wildman–Crippen LogP) is 4.54. The van der Waals surface area contributed by atoms with Crippen LogP contribution in [0.15, 0.2) is 64.9 Å². The molecule has 1 aliphatic heterocycles. The zero-order chi connectivity index (χ0) is 21.1. The molecule has 9 heteroatoms. The number of hydrogen-bond donors (Lipinski definition) is 2. The molecule has 0 radical (unpaired) electrons. The van der Waals surface area contributed by atoms with E-state index in [2.05, 4.69) is 10.6 Å². The summed E-state index contributed by atoms with van der Waals surface area (Å²) in [5, 5.41) is 8.20. The largest absolute Gasteiger partial charge is 0.497 e. The smallest absolute Gasteiger partial charge is 0.324 e. The zero-order valence-electron chi connectivity index (χ0n) is 16.3. The van der Waals surface area contributed by atoms with Crippen LogP contribution in [0.5, 0.6) is 5.75 Å². The Hall–Kier alpha value is -3.04. The van der Waals surface area contributed by atoms with E-state index in [1.165, 1.54) is 22.8 Å². The predicted molar refractivity (Wildman–Crippen MR) is 119 cm³/mol. The first kappa shape index (κ1) is 20.2. The molecule has 2 heterocycles. The monoisotopic (exact) mass is 443 g/mol. The number of nitrogens with zero attached hydrogens (tertiary/aromatic N) is 1. The van der Waals surface area contributed by atoms with Crippen LogP contribution in [-0.4, -0.2) is 28.1 Å². The quantitative estimate of drug-likeness (QED) is 0.606. The van der Waals surface area contributed by atoms with Crippen molar-refractivity contribution in [3.63, 3.8) is 0 Å². The van der Waals surface area contributed by atoms with Gasteiger partial charge < -0.3 is 10.1 Å². The summed E-state index contributed by atoms with van der Waals surface area (Å²) in [6.45, 7) is 0.410. The normalized spacial score (nSPS) is 13.4. The molecule has 0 spiro atoms. The molecule has 3 aromatic rings. The maximum Gasteiger partial charge on any atom is 0.324 e. The van der Waals surface area contributed by atoms with Gasteiger partial charge in [-0.3, -0.25) is 9.62 Å². The first-order chi connectivity index (χ1) is 14.5.